The minimum atomic E-state index is 1.22. The van der Waals surface area contributed by atoms with Gasteiger partial charge in [-0.25, -0.2) is 0 Å². The first-order valence-electron chi connectivity index (χ1n) is 17.3. The second-order valence-electron chi connectivity index (χ2n) is 13.2. The van der Waals surface area contributed by atoms with E-state index in [1.807, 2.05) is 0 Å². The average molecular weight is 633 g/mol. The molecule has 0 fully saturated rings. The Balaban J connectivity index is 1.12. The van der Waals surface area contributed by atoms with Crippen LogP contribution in [0.5, 0.6) is 0 Å². The Morgan fingerprint density at radius 2 is 0.640 bits per heavy atom. The quantitative estimate of drug-likeness (QED) is 0.134. The molecule has 0 aliphatic rings. The van der Waals surface area contributed by atoms with Crippen molar-refractivity contribution in [3.8, 4) is 44.5 Å². The van der Waals surface area contributed by atoms with Crippen LogP contribution in [-0.4, -0.2) is 0 Å². The zero-order valence-corrected chi connectivity index (χ0v) is 27.5. The molecule has 0 amide bonds. The average Bonchev–Trinajstić information content (AvgIpc) is 3.19. The SMILES string of the molecule is c1cc(-c2ccc3c(ccc4ccccc43)c2)cc(-c2c3ccccc3c(-c3ccc(-c4cccc5ccccc45)cc3)c3ccccc23)c1. The molecular weight excluding hydrogens is 601 g/mol. The Bertz CT molecular complexity index is 2850. The van der Waals surface area contributed by atoms with Crippen molar-refractivity contribution in [2.75, 3.05) is 0 Å². The molecule has 50 heavy (non-hydrogen) atoms. The molecule has 0 saturated heterocycles. The highest BCUT2D eigenvalue weighted by atomic mass is 14.2. The third-order valence-electron chi connectivity index (χ3n) is 10.4. The topological polar surface area (TPSA) is 0 Å². The molecule has 0 saturated carbocycles. The van der Waals surface area contributed by atoms with Crippen LogP contribution in [-0.2, 0) is 0 Å². The molecule has 0 nitrogen and oxygen atoms in total. The van der Waals surface area contributed by atoms with E-state index in [1.165, 1.54) is 98.4 Å². The van der Waals surface area contributed by atoms with Crippen molar-refractivity contribution in [2.24, 2.45) is 0 Å². The Morgan fingerprint density at radius 3 is 1.34 bits per heavy atom. The minimum Gasteiger partial charge on any atom is -0.0616 e. The van der Waals surface area contributed by atoms with Gasteiger partial charge in [0.1, 0.15) is 0 Å². The van der Waals surface area contributed by atoms with E-state index in [0.717, 1.165) is 0 Å². The first kappa shape index (κ1) is 28.5. The molecule has 10 rings (SSSR count). The smallest absolute Gasteiger partial charge is 0.00262 e. The molecular formula is C50H32. The van der Waals surface area contributed by atoms with Gasteiger partial charge in [-0.05, 0) is 111 Å². The standard InChI is InChI=1S/C50H32/c1-3-16-41-33(11-1)13-10-22-43(41)35-23-26-36(27-24-35)49-45-18-5-7-20-47(45)50(48-21-8-6-19-46(48)49)40-15-9-14-37(32-40)38-29-30-44-39(31-38)28-25-34-12-2-4-17-42(34)44/h1-32H. The van der Waals surface area contributed by atoms with Crippen molar-refractivity contribution in [3.63, 3.8) is 0 Å². The van der Waals surface area contributed by atoms with Crippen LogP contribution in [0.3, 0.4) is 0 Å². The van der Waals surface area contributed by atoms with Gasteiger partial charge in [-0.15, -0.1) is 0 Å². The molecule has 10 aromatic carbocycles. The van der Waals surface area contributed by atoms with Crippen LogP contribution in [0.15, 0.2) is 194 Å². The van der Waals surface area contributed by atoms with Gasteiger partial charge in [-0.2, -0.15) is 0 Å². The van der Waals surface area contributed by atoms with Gasteiger partial charge in [0, 0.05) is 0 Å². The lowest BCUT2D eigenvalue weighted by Gasteiger charge is -2.18. The molecule has 0 aliphatic carbocycles. The highest BCUT2D eigenvalue weighted by molar-refractivity contribution is 6.21. The van der Waals surface area contributed by atoms with Gasteiger partial charge in [-0.3, -0.25) is 0 Å². The summed E-state index contributed by atoms with van der Waals surface area (Å²) in [6.07, 6.45) is 0. The summed E-state index contributed by atoms with van der Waals surface area (Å²) in [6.45, 7) is 0. The number of fused-ring (bicyclic) bond motifs is 6. The zero-order valence-electron chi connectivity index (χ0n) is 27.5. The molecule has 10 aromatic rings. The van der Waals surface area contributed by atoms with Gasteiger partial charge in [-0.1, -0.05) is 182 Å². The fourth-order valence-electron chi connectivity index (χ4n) is 8.09. The monoisotopic (exact) mass is 632 g/mol. The van der Waals surface area contributed by atoms with Crippen molar-refractivity contribution in [2.45, 2.75) is 0 Å². The van der Waals surface area contributed by atoms with E-state index in [4.69, 9.17) is 0 Å². The molecule has 0 bridgehead atoms. The van der Waals surface area contributed by atoms with E-state index in [9.17, 15) is 0 Å². The minimum absolute atomic E-state index is 1.22. The Morgan fingerprint density at radius 1 is 0.200 bits per heavy atom. The van der Waals surface area contributed by atoms with Crippen LogP contribution < -0.4 is 0 Å². The fraction of sp³-hybridized carbons (Fsp3) is 0. The number of hydrogen-bond acceptors (Lipinski definition) is 0. The largest absolute Gasteiger partial charge is 0.0616 e. The van der Waals surface area contributed by atoms with Crippen molar-refractivity contribution < 1.29 is 0 Å². The maximum atomic E-state index is 2.37. The second kappa shape index (κ2) is 11.6. The maximum Gasteiger partial charge on any atom is -0.00262 e. The zero-order chi connectivity index (χ0) is 33.0. The van der Waals surface area contributed by atoms with Crippen molar-refractivity contribution in [1.29, 1.82) is 0 Å². The molecule has 0 N–H and O–H groups in total. The second-order valence-corrected chi connectivity index (χ2v) is 13.2. The van der Waals surface area contributed by atoms with E-state index < -0.39 is 0 Å². The highest BCUT2D eigenvalue weighted by Crippen LogP contribution is 2.45. The summed E-state index contributed by atoms with van der Waals surface area (Å²) in [5.74, 6) is 0. The Labute approximate surface area is 291 Å². The predicted molar refractivity (Wildman–Crippen MR) is 216 cm³/mol. The lowest BCUT2D eigenvalue weighted by molar-refractivity contribution is 1.62. The Hall–Kier alpha value is -6.50. The summed E-state index contributed by atoms with van der Waals surface area (Å²) in [5, 5.41) is 12.7. The van der Waals surface area contributed by atoms with Gasteiger partial charge in [0.25, 0.3) is 0 Å². The molecule has 0 aromatic heterocycles. The molecule has 232 valence electrons. The van der Waals surface area contributed by atoms with Gasteiger partial charge in [0.15, 0.2) is 0 Å². The molecule has 0 atom stereocenters. The summed E-state index contributed by atoms with van der Waals surface area (Å²) < 4.78 is 0. The summed E-state index contributed by atoms with van der Waals surface area (Å²) >= 11 is 0. The van der Waals surface area contributed by atoms with E-state index in [1.54, 1.807) is 0 Å². The summed E-state index contributed by atoms with van der Waals surface area (Å²) in [6, 6.07) is 71.3. The number of rotatable bonds is 4. The molecule has 0 heteroatoms. The van der Waals surface area contributed by atoms with Crippen LogP contribution in [0.25, 0.3) is 98.4 Å². The summed E-state index contributed by atoms with van der Waals surface area (Å²) in [7, 11) is 0. The first-order chi connectivity index (χ1) is 24.8. The number of benzene rings is 10. The van der Waals surface area contributed by atoms with Crippen molar-refractivity contribution in [3.05, 3.63) is 194 Å². The van der Waals surface area contributed by atoms with Gasteiger partial charge in [0.05, 0.1) is 0 Å². The van der Waals surface area contributed by atoms with Gasteiger partial charge >= 0.3 is 0 Å². The van der Waals surface area contributed by atoms with E-state index in [2.05, 4.69) is 194 Å². The van der Waals surface area contributed by atoms with Gasteiger partial charge < -0.3 is 0 Å². The highest BCUT2D eigenvalue weighted by Gasteiger charge is 2.17. The van der Waals surface area contributed by atoms with E-state index in [-0.39, 0.29) is 0 Å². The molecule has 0 unspecified atom stereocenters. The summed E-state index contributed by atoms with van der Waals surface area (Å²) in [4.78, 5) is 0. The van der Waals surface area contributed by atoms with Gasteiger partial charge in [0.2, 0.25) is 0 Å². The van der Waals surface area contributed by atoms with Crippen LogP contribution in [0.4, 0.5) is 0 Å². The lowest BCUT2D eigenvalue weighted by atomic mass is 9.85. The molecule has 0 aliphatic heterocycles. The van der Waals surface area contributed by atoms with E-state index in [0.29, 0.717) is 0 Å². The van der Waals surface area contributed by atoms with Crippen LogP contribution in [0, 0.1) is 0 Å². The Kier molecular flexibility index (Phi) is 6.60. The van der Waals surface area contributed by atoms with E-state index >= 15 is 0 Å². The number of hydrogen-bond donors (Lipinski definition) is 0. The predicted octanol–water partition coefficient (Wildman–Crippen LogP) is 14.1. The third kappa shape index (κ3) is 4.61. The normalized spacial score (nSPS) is 11.6. The third-order valence-corrected chi connectivity index (χ3v) is 10.4. The molecule has 0 spiro atoms. The van der Waals surface area contributed by atoms with Crippen LogP contribution in [0.1, 0.15) is 0 Å². The summed E-state index contributed by atoms with van der Waals surface area (Å²) in [5.41, 5.74) is 9.96. The van der Waals surface area contributed by atoms with Crippen molar-refractivity contribution in [1.82, 2.24) is 0 Å². The van der Waals surface area contributed by atoms with Crippen molar-refractivity contribution >= 4 is 53.9 Å². The lowest BCUT2D eigenvalue weighted by Crippen LogP contribution is -1.91. The fourth-order valence-corrected chi connectivity index (χ4v) is 8.09. The first-order valence-corrected chi connectivity index (χ1v) is 17.3. The van der Waals surface area contributed by atoms with Crippen LogP contribution in [0.2, 0.25) is 0 Å². The molecule has 0 radical (unpaired) electrons. The van der Waals surface area contributed by atoms with Crippen LogP contribution >= 0.6 is 0 Å². The maximum absolute atomic E-state index is 2.37. The molecule has 0 heterocycles.